The van der Waals surface area contributed by atoms with Gasteiger partial charge in [0.1, 0.15) is 0 Å². The number of rotatable bonds is 8. The van der Waals surface area contributed by atoms with Crippen LogP contribution >= 0.6 is 0 Å². The minimum atomic E-state index is -0.784. The summed E-state index contributed by atoms with van der Waals surface area (Å²) in [5, 5.41) is 16.5. The third-order valence-electron chi connectivity index (χ3n) is 2.03. The lowest BCUT2D eigenvalue weighted by Crippen LogP contribution is -1.95. The molecule has 0 aliphatic heterocycles. The Kier molecular flexibility index (Phi) is 15.1. The number of unbranched alkanes of at least 4 members (excludes halogenated alkanes) is 4. The van der Waals surface area contributed by atoms with Gasteiger partial charge >= 0.3 is 11.9 Å². The van der Waals surface area contributed by atoms with Gasteiger partial charge in [-0.25, -0.2) is 0 Å². The topological polar surface area (TPSA) is 74.6 Å². The van der Waals surface area contributed by atoms with Gasteiger partial charge in [0.05, 0.1) is 0 Å². The maximum atomic E-state index is 10.0. The summed E-state index contributed by atoms with van der Waals surface area (Å²) < 4.78 is 0. The van der Waals surface area contributed by atoms with E-state index in [1.165, 1.54) is 12.8 Å². The van der Waals surface area contributed by atoms with Gasteiger partial charge in [0.15, 0.2) is 0 Å². The third-order valence-corrected chi connectivity index (χ3v) is 2.03. The molecule has 0 aromatic rings. The van der Waals surface area contributed by atoms with Crippen LogP contribution in [0.1, 0.15) is 65.2 Å². The summed E-state index contributed by atoms with van der Waals surface area (Å²) in [6, 6.07) is 0. The first-order valence-electron chi connectivity index (χ1n) is 5.98. The average Bonchev–Trinajstić information content (AvgIpc) is 2.23. The van der Waals surface area contributed by atoms with Crippen LogP contribution < -0.4 is 0 Å². The highest BCUT2D eigenvalue weighted by atomic mass is 16.4. The fourth-order valence-corrected chi connectivity index (χ4v) is 0.906. The van der Waals surface area contributed by atoms with E-state index in [0.29, 0.717) is 12.8 Å². The molecule has 0 rings (SSSR count). The van der Waals surface area contributed by atoms with E-state index in [2.05, 4.69) is 13.8 Å². The van der Waals surface area contributed by atoms with E-state index in [0.717, 1.165) is 12.8 Å². The summed E-state index contributed by atoms with van der Waals surface area (Å²) in [6.07, 6.45) is 5.92. The molecular weight excluding hydrogens is 208 g/mol. The number of carbonyl (C=O) groups is 2. The number of hydrogen-bond donors (Lipinski definition) is 2. The summed E-state index contributed by atoms with van der Waals surface area (Å²) in [4.78, 5) is 20.1. The molecule has 0 bridgehead atoms. The molecule has 0 heterocycles. The molecule has 4 nitrogen and oxygen atoms in total. The lowest BCUT2D eigenvalue weighted by Gasteiger charge is -1.96. The summed E-state index contributed by atoms with van der Waals surface area (Å²) in [7, 11) is 0. The van der Waals surface area contributed by atoms with Gasteiger partial charge in [0.2, 0.25) is 0 Å². The van der Waals surface area contributed by atoms with Crippen molar-refractivity contribution in [2.24, 2.45) is 0 Å². The predicted molar refractivity (Wildman–Crippen MR) is 63.6 cm³/mol. The normalized spacial score (nSPS) is 9.12. The Hall–Kier alpha value is -1.06. The summed E-state index contributed by atoms with van der Waals surface area (Å²) in [5.41, 5.74) is 0. The minimum Gasteiger partial charge on any atom is -0.481 e. The Balaban J connectivity index is 0. The lowest BCUT2D eigenvalue weighted by atomic mass is 10.1. The van der Waals surface area contributed by atoms with Crippen LogP contribution in [0.2, 0.25) is 0 Å². The maximum Gasteiger partial charge on any atom is 0.303 e. The molecular formula is C12H24O4. The van der Waals surface area contributed by atoms with E-state index in [-0.39, 0.29) is 12.8 Å². The van der Waals surface area contributed by atoms with Gasteiger partial charge in [0.25, 0.3) is 0 Å². The summed E-state index contributed by atoms with van der Waals surface area (Å²) in [6.45, 7) is 4.36. The zero-order valence-electron chi connectivity index (χ0n) is 10.4. The highest BCUT2D eigenvalue weighted by Gasteiger charge is 1.98. The zero-order valence-corrected chi connectivity index (χ0v) is 10.4. The minimum absolute atomic E-state index is 0.188. The fourth-order valence-electron chi connectivity index (χ4n) is 0.906. The quantitative estimate of drug-likeness (QED) is 0.630. The molecule has 0 spiro atoms. The maximum absolute atomic E-state index is 10.0. The van der Waals surface area contributed by atoms with Gasteiger partial charge in [-0.2, -0.15) is 0 Å². The van der Waals surface area contributed by atoms with Crippen molar-refractivity contribution in [3.63, 3.8) is 0 Å². The molecule has 0 saturated heterocycles. The molecule has 0 aromatic carbocycles. The molecule has 0 amide bonds. The molecule has 16 heavy (non-hydrogen) atoms. The molecule has 4 heteroatoms. The molecule has 0 aliphatic rings. The van der Waals surface area contributed by atoms with E-state index < -0.39 is 11.9 Å². The zero-order chi connectivity index (χ0) is 12.8. The lowest BCUT2D eigenvalue weighted by molar-refractivity contribution is -0.138. The Labute approximate surface area is 97.7 Å². The number of carboxylic acids is 2. The van der Waals surface area contributed by atoms with Gasteiger partial charge < -0.3 is 10.2 Å². The van der Waals surface area contributed by atoms with Crippen molar-refractivity contribution in [1.29, 1.82) is 0 Å². The number of carboxylic acid groups (broad SMARTS) is 2. The molecule has 0 aliphatic carbocycles. The van der Waals surface area contributed by atoms with Gasteiger partial charge in [-0.3, -0.25) is 9.59 Å². The van der Waals surface area contributed by atoms with Crippen LogP contribution in [-0.4, -0.2) is 22.2 Å². The van der Waals surface area contributed by atoms with Crippen LogP contribution in [0.4, 0.5) is 0 Å². The van der Waals surface area contributed by atoms with Crippen molar-refractivity contribution >= 4 is 11.9 Å². The molecule has 0 radical (unpaired) electrons. The Morgan fingerprint density at radius 2 is 1.06 bits per heavy atom. The Bertz CT molecular complexity index is 158. The van der Waals surface area contributed by atoms with Gasteiger partial charge in [-0.05, 0) is 12.8 Å². The molecule has 0 fully saturated rings. The number of hydrogen-bond acceptors (Lipinski definition) is 2. The fraction of sp³-hybridized carbons (Fsp3) is 0.833. The largest absolute Gasteiger partial charge is 0.481 e. The van der Waals surface area contributed by atoms with Crippen molar-refractivity contribution < 1.29 is 19.8 Å². The molecule has 0 unspecified atom stereocenters. The summed E-state index contributed by atoms with van der Waals surface area (Å²) >= 11 is 0. The molecule has 0 aromatic heterocycles. The van der Waals surface area contributed by atoms with Crippen LogP contribution in [0.3, 0.4) is 0 Å². The van der Waals surface area contributed by atoms with E-state index >= 15 is 0 Å². The molecule has 2 N–H and O–H groups in total. The van der Waals surface area contributed by atoms with Crippen LogP contribution in [0, 0.1) is 0 Å². The van der Waals surface area contributed by atoms with Crippen molar-refractivity contribution in [3.8, 4) is 0 Å². The van der Waals surface area contributed by atoms with E-state index in [1.807, 2.05) is 0 Å². The second-order valence-corrected chi connectivity index (χ2v) is 3.70. The first-order valence-corrected chi connectivity index (χ1v) is 5.98. The highest BCUT2D eigenvalue weighted by Crippen LogP contribution is 2.04. The predicted octanol–water partition coefficient (Wildman–Crippen LogP) is 3.30. The van der Waals surface area contributed by atoms with Crippen LogP contribution in [0.25, 0.3) is 0 Å². The van der Waals surface area contributed by atoms with Crippen molar-refractivity contribution in [2.45, 2.75) is 65.2 Å². The second kappa shape index (κ2) is 13.9. The van der Waals surface area contributed by atoms with Gasteiger partial charge in [0, 0.05) is 12.8 Å². The van der Waals surface area contributed by atoms with Crippen molar-refractivity contribution in [1.82, 2.24) is 0 Å². The monoisotopic (exact) mass is 232 g/mol. The summed E-state index contributed by atoms with van der Waals surface area (Å²) in [5.74, 6) is -1.57. The van der Waals surface area contributed by atoms with E-state index in [1.54, 1.807) is 0 Å². The Morgan fingerprint density at radius 3 is 1.25 bits per heavy atom. The Morgan fingerprint density at radius 1 is 0.750 bits per heavy atom. The van der Waals surface area contributed by atoms with Crippen LogP contribution in [0.5, 0.6) is 0 Å². The molecule has 96 valence electrons. The third kappa shape index (κ3) is 23.1. The first-order chi connectivity index (χ1) is 7.54. The average molecular weight is 232 g/mol. The molecule has 0 saturated carbocycles. The van der Waals surface area contributed by atoms with Gasteiger partial charge in [-0.15, -0.1) is 0 Å². The highest BCUT2D eigenvalue weighted by molar-refractivity contribution is 5.66. The van der Waals surface area contributed by atoms with Gasteiger partial charge in [-0.1, -0.05) is 39.5 Å². The van der Waals surface area contributed by atoms with Crippen LogP contribution in [0.15, 0.2) is 0 Å². The molecule has 0 atom stereocenters. The standard InChI is InChI=1S/C8H14O4.C4H10/c9-7(10)5-3-1-2-4-6-8(11)12;1-3-4-2/h1-6H2,(H,9,10)(H,11,12);3-4H2,1-2H3. The SMILES string of the molecule is CCCC.O=C(O)CCCCCCC(=O)O. The van der Waals surface area contributed by atoms with Crippen molar-refractivity contribution in [3.05, 3.63) is 0 Å². The van der Waals surface area contributed by atoms with E-state index in [9.17, 15) is 9.59 Å². The van der Waals surface area contributed by atoms with Crippen molar-refractivity contribution in [2.75, 3.05) is 0 Å². The smallest absolute Gasteiger partial charge is 0.303 e. The van der Waals surface area contributed by atoms with E-state index in [4.69, 9.17) is 10.2 Å². The first kappa shape index (κ1) is 17.3. The van der Waals surface area contributed by atoms with Crippen LogP contribution in [-0.2, 0) is 9.59 Å². The number of aliphatic carboxylic acids is 2. The second-order valence-electron chi connectivity index (χ2n) is 3.70.